The van der Waals surface area contributed by atoms with Crippen molar-refractivity contribution in [1.82, 2.24) is 0 Å². The number of aliphatic hydroxyl groups is 1. The second kappa shape index (κ2) is 5.68. The zero-order valence-electron chi connectivity index (χ0n) is 10.9. The molecule has 3 unspecified atom stereocenters. The maximum absolute atomic E-state index is 10.5. The number of hydrogen-bond acceptors (Lipinski definition) is 2. The molecule has 0 radical (unpaired) electrons. The van der Waals surface area contributed by atoms with E-state index in [9.17, 15) is 10.4 Å². The molecule has 1 rings (SSSR count). The van der Waals surface area contributed by atoms with E-state index < -0.39 is 11.5 Å². The molecule has 0 aromatic rings. The summed E-state index contributed by atoms with van der Waals surface area (Å²) in [7, 11) is 0. The predicted octanol–water partition coefficient (Wildman–Crippen LogP) is 3.50. The second-order valence-electron chi connectivity index (χ2n) is 5.49. The van der Waals surface area contributed by atoms with Crippen molar-refractivity contribution in [2.24, 2.45) is 17.3 Å². The van der Waals surface area contributed by atoms with E-state index in [1.165, 1.54) is 6.42 Å². The first-order valence-electron chi connectivity index (χ1n) is 6.69. The number of hydrogen-bond donors (Lipinski definition) is 1. The van der Waals surface area contributed by atoms with Crippen molar-refractivity contribution in [2.45, 2.75) is 65.4 Å². The second-order valence-corrected chi connectivity index (χ2v) is 5.49. The van der Waals surface area contributed by atoms with Crippen LogP contribution < -0.4 is 0 Å². The normalized spacial score (nSPS) is 32.4. The van der Waals surface area contributed by atoms with Gasteiger partial charge in [-0.15, -0.1) is 0 Å². The van der Waals surface area contributed by atoms with Gasteiger partial charge in [0.1, 0.15) is 0 Å². The van der Waals surface area contributed by atoms with Crippen LogP contribution in [0.4, 0.5) is 0 Å². The summed E-state index contributed by atoms with van der Waals surface area (Å²) < 4.78 is 0. The highest BCUT2D eigenvalue weighted by molar-refractivity contribution is 5.07. The Balaban J connectivity index is 2.82. The minimum atomic E-state index is -0.464. The maximum atomic E-state index is 10.5. The van der Waals surface area contributed by atoms with E-state index >= 15 is 0 Å². The van der Waals surface area contributed by atoms with Crippen molar-refractivity contribution in [3.8, 4) is 6.07 Å². The summed E-state index contributed by atoms with van der Waals surface area (Å²) in [6.07, 6.45) is 5.55. The van der Waals surface area contributed by atoms with Gasteiger partial charge in [-0.3, -0.25) is 0 Å². The molecule has 0 heterocycles. The highest BCUT2D eigenvalue weighted by Gasteiger charge is 2.43. The van der Waals surface area contributed by atoms with Crippen LogP contribution in [0.5, 0.6) is 0 Å². The van der Waals surface area contributed by atoms with Gasteiger partial charge in [-0.25, -0.2) is 0 Å². The molecule has 2 heteroatoms. The Morgan fingerprint density at radius 3 is 2.50 bits per heavy atom. The van der Waals surface area contributed by atoms with E-state index in [1.807, 2.05) is 0 Å². The molecule has 0 aromatic heterocycles. The Labute approximate surface area is 99.7 Å². The minimum Gasteiger partial charge on any atom is -0.391 e. The third-order valence-corrected chi connectivity index (χ3v) is 4.32. The van der Waals surface area contributed by atoms with Crippen molar-refractivity contribution in [2.75, 3.05) is 0 Å². The molecule has 1 saturated carbocycles. The van der Waals surface area contributed by atoms with Crippen molar-refractivity contribution in [3.63, 3.8) is 0 Å². The standard InChI is InChI=1S/C14H25NO/c1-4-12(5-2)13(16)14(10-15)8-6-7-11(3)9-14/h11-13,16H,4-9H2,1-3H3. The number of nitrogens with zero attached hydrogens (tertiary/aromatic N) is 1. The fourth-order valence-electron chi connectivity index (χ4n) is 3.21. The molecule has 0 bridgehead atoms. The third kappa shape index (κ3) is 2.58. The maximum Gasteiger partial charge on any atom is 0.0837 e. The van der Waals surface area contributed by atoms with Crippen molar-refractivity contribution >= 4 is 0 Å². The number of rotatable bonds is 4. The van der Waals surface area contributed by atoms with Crippen LogP contribution in [0.3, 0.4) is 0 Å². The van der Waals surface area contributed by atoms with Crippen LogP contribution in [-0.2, 0) is 0 Å². The summed E-state index contributed by atoms with van der Waals surface area (Å²) in [4.78, 5) is 0. The lowest BCUT2D eigenvalue weighted by Crippen LogP contribution is -2.42. The molecule has 16 heavy (non-hydrogen) atoms. The van der Waals surface area contributed by atoms with Gasteiger partial charge >= 0.3 is 0 Å². The van der Waals surface area contributed by atoms with E-state index in [0.717, 1.165) is 32.1 Å². The summed E-state index contributed by atoms with van der Waals surface area (Å²) in [5.74, 6) is 0.863. The zero-order chi connectivity index (χ0) is 12.2. The average molecular weight is 223 g/mol. The Morgan fingerprint density at radius 2 is 2.06 bits per heavy atom. The van der Waals surface area contributed by atoms with Crippen LogP contribution in [0, 0.1) is 28.6 Å². The molecule has 0 amide bonds. The molecule has 0 spiro atoms. The van der Waals surface area contributed by atoms with Crippen LogP contribution in [0.1, 0.15) is 59.3 Å². The van der Waals surface area contributed by atoms with Crippen LogP contribution in [0.25, 0.3) is 0 Å². The minimum absolute atomic E-state index is 0.282. The molecule has 0 aliphatic heterocycles. The smallest absolute Gasteiger partial charge is 0.0837 e. The van der Waals surface area contributed by atoms with E-state index in [4.69, 9.17) is 0 Å². The van der Waals surface area contributed by atoms with Crippen LogP contribution >= 0.6 is 0 Å². The summed E-state index contributed by atoms with van der Waals surface area (Å²) in [5.41, 5.74) is -0.464. The summed E-state index contributed by atoms with van der Waals surface area (Å²) in [5, 5.41) is 19.9. The molecular weight excluding hydrogens is 198 g/mol. The highest BCUT2D eigenvalue weighted by Crippen LogP contribution is 2.44. The Bertz CT molecular complexity index is 254. The largest absolute Gasteiger partial charge is 0.391 e. The summed E-state index contributed by atoms with van der Waals surface area (Å²) >= 11 is 0. The lowest BCUT2D eigenvalue weighted by atomic mass is 9.64. The molecule has 0 aromatic carbocycles. The number of nitriles is 1. The third-order valence-electron chi connectivity index (χ3n) is 4.32. The van der Waals surface area contributed by atoms with E-state index in [0.29, 0.717) is 5.92 Å². The van der Waals surface area contributed by atoms with Gasteiger partial charge in [0, 0.05) is 0 Å². The van der Waals surface area contributed by atoms with Gasteiger partial charge in [0.15, 0.2) is 0 Å². The number of aliphatic hydroxyl groups excluding tert-OH is 1. The lowest BCUT2D eigenvalue weighted by molar-refractivity contribution is -0.0201. The molecule has 2 nitrogen and oxygen atoms in total. The van der Waals surface area contributed by atoms with Gasteiger partial charge in [0.2, 0.25) is 0 Å². The first kappa shape index (κ1) is 13.5. The quantitative estimate of drug-likeness (QED) is 0.792. The van der Waals surface area contributed by atoms with Crippen LogP contribution in [0.15, 0.2) is 0 Å². The molecule has 92 valence electrons. The van der Waals surface area contributed by atoms with Crippen molar-refractivity contribution in [1.29, 1.82) is 5.26 Å². The van der Waals surface area contributed by atoms with Gasteiger partial charge in [-0.1, -0.05) is 46.5 Å². The van der Waals surface area contributed by atoms with Gasteiger partial charge in [0.25, 0.3) is 0 Å². The fourth-order valence-corrected chi connectivity index (χ4v) is 3.21. The van der Waals surface area contributed by atoms with E-state index in [-0.39, 0.29) is 5.92 Å². The van der Waals surface area contributed by atoms with Gasteiger partial charge in [-0.2, -0.15) is 5.26 Å². The predicted molar refractivity (Wildman–Crippen MR) is 65.8 cm³/mol. The lowest BCUT2D eigenvalue weighted by Gasteiger charge is -2.40. The highest BCUT2D eigenvalue weighted by atomic mass is 16.3. The van der Waals surface area contributed by atoms with Crippen molar-refractivity contribution in [3.05, 3.63) is 0 Å². The van der Waals surface area contributed by atoms with Crippen molar-refractivity contribution < 1.29 is 5.11 Å². The van der Waals surface area contributed by atoms with Gasteiger partial charge in [0.05, 0.1) is 17.6 Å². The van der Waals surface area contributed by atoms with Gasteiger partial charge in [-0.05, 0) is 24.7 Å². The molecule has 1 N–H and O–H groups in total. The van der Waals surface area contributed by atoms with Crippen LogP contribution in [0.2, 0.25) is 0 Å². The Morgan fingerprint density at radius 1 is 1.44 bits per heavy atom. The summed E-state index contributed by atoms with van der Waals surface area (Å²) in [6.45, 7) is 6.41. The Kier molecular flexibility index (Phi) is 4.80. The molecular formula is C14H25NO. The monoisotopic (exact) mass is 223 g/mol. The molecule has 3 atom stereocenters. The SMILES string of the molecule is CCC(CC)C(O)C1(C#N)CCCC(C)C1. The first-order chi connectivity index (χ1) is 7.59. The van der Waals surface area contributed by atoms with E-state index in [1.54, 1.807) is 0 Å². The first-order valence-corrected chi connectivity index (χ1v) is 6.69. The average Bonchev–Trinajstić information content (AvgIpc) is 2.30. The topological polar surface area (TPSA) is 44.0 Å². The molecule has 0 saturated heterocycles. The van der Waals surface area contributed by atoms with E-state index in [2.05, 4.69) is 26.8 Å². The Hall–Kier alpha value is -0.550. The molecule has 1 aliphatic rings. The molecule has 1 aliphatic carbocycles. The van der Waals surface area contributed by atoms with Gasteiger partial charge < -0.3 is 5.11 Å². The summed E-state index contributed by atoms with van der Waals surface area (Å²) in [6, 6.07) is 2.45. The fraction of sp³-hybridized carbons (Fsp3) is 0.929. The molecule has 1 fully saturated rings. The van der Waals surface area contributed by atoms with Crippen LogP contribution in [-0.4, -0.2) is 11.2 Å². The zero-order valence-corrected chi connectivity index (χ0v) is 10.9.